The molecule has 0 spiro atoms. The second-order valence-corrected chi connectivity index (χ2v) is 4.71. The lowest BCUT2D eigenvalue weighted by molar-refractivity contribution is 0.626. The van der Waals surface area contributed by atoms with E-state index in [0.29, 0.717) is 10.6 Å². The van der Waals surface area contributed by atoms with Gasteiger partial charge in [-0.05, 0) is 36.4 Å². The Morgan fingerprint density at radius 1 is 1.11 bits per heavy atom. The summed E-state index contributed by atoms with van der Waals surface area (Å²) in [6, 6.07) is 12.2. The van der Waals surface area contributed by atoms with Gasteiger partial charge in [0, 0.05) is 31.6 Å². The summed E-state index contributed by atoms with van der Waals surface area (Å²) in [5.74, 6) is -0.374. The van der Waals surface area contributed by atoms with Gasteiger partial charge in [0.2, 0.25) is 0 Å². The number of hydrogen-bond acceptors (Lipinski definition) is 2. The van der Waals surface area contributed by atoms with Crippen LogP contribution in [0, 0.1) is 5.82 Å². The molecule has 0 aliphatic heterocycles. The molecule has 0 aliphatic carbocycles. The second-order valence-electron chi connectivity index (χ2n) is 4.30. The van der Waals surface area contributed by atoms with Gasteiger partial charge in [-0.15, -0.1) is 0 Å². The molecule has 2 aromatic carbocycles. The van der Waals surface area contributed by atoms with E-state index in [-0.39, 0.29) is 5.82 Å². The fourth-order valence-electron chi connectivity index (χ4n) is 1.61. The molecule has 0 saturated heterocycles. The Hall–Kier alpha value is -1.87. The topological polar surface area (TPSA) is 15.6 Å². The fourth-order valence-corrected chi connectivity index (χ4v) is 1.82. The molecule has 0 radical (unpaired) electrons. The molecular formula is C15H14ClFN2. The number of rotatable bonds is 3. The van der Waals surface area contributed by atoms with Crippen molar-refractivity contribution in [2.24, 2.45) is 4.99 Å². The summed E-state index contributed by atoms with van der Waals surface area (Å²) >= 11 is 5.92. The predicted molar refractivity (Wildman–Crippen MR) is 79.4 cm³/mol. The van der Waals surface area contributed by atoms with Crippen LogP contribution in [-0.2, 0) is 0 Å². The zero-order chi connectivity index (χ0) is 13.8. The molecule has 0 heterocycles. The number of aliphatic imine (C=N–C) groups is 1. The van der Waals surface area contributed by atoms with Gasteiger partial charge in [0.15, 0.2) is 0 Å². The molecule has 4 heteroatoms. The van der Waals surface area contributed by atoms with E-state index in [1.165, 1.54) is 12.3 Å². The van der Waals surface area contributed by atoms with Gasteiger partial charge in [0.05, 0.1) is 10.7 Å². The van der Waals surface area contributed by atoms with Crippen molar-refractivity contribution in [1.82, 2.24) is 0 Å². The van der Waals surface area contributed by atoms with Crippen LogP contribution >= 0.6 is 11.6 Å². The lowest BCUT2D eigenvalue weighted by atomic mass is 10.2. The Kier molecular flexibility index (Phi) is 4.17. The zero-order valence-electron chi connectivity index (χ0n) is 10.8. The van der Waals surface area contributed by atoms with Crippen LogP contribution < -0.4 is 4.90 Å². The molecule has 0 aromatic heterocycles. The van der Waals surface area contributed by atoms with Crippen molar-refractivity contribution in [2.45, 2.75) is 0 Å². The van der Waals surface area contributed by atoms with E-state index >= 15 is 0 Å². The van der Waals surface area contributed by atoms with Gasteiger partial charge in [-0.1, -0.05) is 17.7 Å². The van der Waals surface area contributed by atoms with E-state index in [1.54, 1.807) is 12.1 Å². The van der Waals surface area contributed by atoms with Gasteiger partial charge in [0.1, 0.15) is 5.82 Å². The lowest BCUT2D eigenvalue weighted by Gasteiger charge is -2.11. The predicted octanol–water partition coefficient (Wildman–Crippen LogP) is 4.30. The Morgan fingerprint density at radius 3 is 2.37 bits per heavy atom. The number of hydrogen-bond donors (Lipinski definition) is 0. The van der Waals surface area contributed by atoms with Crippen molar-refractivity contribution in [3.63, 3.8) is 0 Å². The van der Waals surface area contributed by atoms with Crippen molar-refractivity contribution in [3.05, 3.63) is 58.9 Å². The standard InChI is InChI=1S/C15H14ClFN2/c1-19(2)12-8-6-11(7-9-12)18-10-13-14(16)4-3-5-15(13)17/h3-10H,1-2H3. The molecule has 98 valence electrons. The molecule has 2 nitrogen and oxygen atoms in total. The third kappa shape index (κ3) is 3.32. The van der Waals surface area contributed by atoms with Crippen LogP contribution in [0.5, 0.6) is 0 Å². The third-order valence-corrected chi connectivity index (χ3v) is 3.04. The minimum Gasteiger partial charge on any atom is -0.378 e. The van der Waals surface area contributed by atoms with Crippen LogP contribution in [0.15, 0.2) is 47.5 Å². The van der Waals surface area contributed by atoms with Gasteiger partial charge < -0.3 is 4.90 Å². The summed E-state index contributed by atoms with van der Waals surface area (Å²) in [6.07, 6.45) is 1.45. The van der Waals surface area contributed by atoms with Crippen LogP contribution in [0.25, 0.3) is 0 Å². The minimum absolute atomic E-state index is 0.306. The average molecular weight is 277 g/mol. The monoisotopic (exact) mass is 276 g/mol. The summed E-state index contributed by atoms with van der Waals surface area (Å²) in [4.78, 5) is 6.23. The highest BCUT2D eigenvalue weighted by molar-refractivity contribution is 6.33. The molecule has 2 aromatic rings. The molecule has 0 saturated carbocycles. The van der Waals surface area contributed by atoms with E-state index in [2.05, 4.69) is 4.99 Å². The normalized spacial score (nSPS) is 10.9. The first-order valence-corrected chi connectivity index (χ1v) is 6.21. The molecule has 19 heavy (non-hydrogen) atoms. The van der Waals surface area contributed by atoms with Crippen LogP contribution in [0.4, 0.5) is 15.8 Å². The Labute approximate surface area is 117 Å². The summed E-state index contributed by atoms with van der Waals surface area (Å²) < 4.78 is 13.5. The number of benzene rings is 2. The summed E-state index contributed by atoms with van der Waals surface area (Å²) in [5, 5.41) is 0.355. The Morgan fingerprint density at radius 2 is 1.79 bits per heavy atom. The average Bonchev–Trinajstić information content (AvgIpc) is 2.38. The molecule has 0 N–H and O–H groups in total. The molecule has 0 atom stereocenters. The van der Waals surface area contributed by atoms with Crippen LogP contribution in [0.1, 0.15) is 5.56 Å². The van der Waals surface area contributed by atoms with E-state index in [0.717, 1.165) is 11.4 Å². The first-order chi connectivity index (χ1) is 9.08. The van der Waals surface area contributed by atoms with Crippen molar-refractivity contribution in [1.29, 1.82) is 0 Å². The van der Waals surface area contributed by atoms with Crippen molar-refractivity contribution >= 4 is 29.2 Å². The van der Waals surface area contributed by atoms with Gasteiger partial charge >= 0.3 is 0 Å². The highest BCUT2D eigenvalue weighted by atomic mass is 35.5. The Balaban J connectivity index is 2.23. The molecular weight excluding hydrogens is 263 g/mol. The van der Waals surface area contributed by atoms with Crippen molar-refractivity contribution in [2.75, 3.05) is 19.0 Å². The zero-order valence-corrected chi connectivity index (χ0v) is 11.5. The first-order valence-electron chi connectivity index (χ1n) is 5.83. The number of halogens is 2. The third-order valence-electron chi connectivity index (χ3n) is 2.71. The first kappa shape index (κ1) is 13.6. The van der Waals surface area contributed by atoms with Crippen LogP contribution in [-0.4, -0.2) is 20.3 Å². The van der Waals surface area contributed by atoms with Gasteiger partial charge in [0.25, 0.3) is 0 Å². The van der Waals surface area contributed by atoms with E-state index in [1.807, 2.05) is 43.3 Å². The highest BCUT2D eigenvalue weighted by Gasteiger charge is 2.03. The van der Waals surface area contributed by atoms with Gasteiger partial charge in [-0.3, -0.25) is 4.99 Å². The minimum atomic E-state index is -0.374. The summed E-state index contributed by atoms with van der Waals surface area (Å²) in [5.41, 5.74) is 2.15. The maximum atomic E-state index is 13.5. The number of nitrogens with zero attached hydrogens (tertiary/aromatic N) is 2. The molecule has 0 bridgehead atoms. The highest BCUT2D eigenvalue weighted by Crippen LogP contribution is 2.20. The van der Waals surface area contributed by atoms with Crippen LogP contribution in [0.3, 0.4) is 0 Å². The van der Waals surface area contributed by atoms with E-state index < -0.39 is 0 Å². The summed E-state index contributed by atoms with van der Waals surface area (Å²) in [7, 11) is 3.94. The van der Waals surface area contributed by atoms with E-state index in [4.69, 9.17) is 11.6 Å². The van der Waals surface area contributed by atoms with Crippen LogP contribution in [0.2, 0.25) is 5.02 Å². The van der Waals surface area contributed by atoms with E-state index in [9.17, 15) is 4.39 Å². The van der Waals surface area contributed by atoms with Crippen molar-refractivity contribution in [3.8, 4) is 0 Å². The van der Waals surface area contributed by atoms with Crippen molar-refractivity contribution < 1.29 is 4.39 Å². The lowest BCUT2D eigenvalue weighted by Crippen LogP contribution is -2.07. The fraction of sp³-hybridized carbons (Fsp3) is 0.133. The molecule has 0 aliphatic rings. The van der Waals surface area contributed by atoms with Gasteiger partial charge in [-0.25, -0.2) is 4.39 Å². The molecule has 2 rings (SSSR count). The number of anilines is 1. The maximum absolute atomic E-state index is 13.5. The SMILES string of the molecule is CN(C)c1ccc(N=Cc2c(F)cccc2Cl)cc1. The summed E-state index contributed by atoms with van der Waals surface area (Å²) in [6.45, 7) is 0. The van der Waals surface area contributed by atoms with Gasteiger partial charge in [-0.2, -0.15) is 0 Å². The second kappa shape index (κ2) is 5.85. The smallest absolute Gasteiger partial charge is 0.133 e. The maximum Gasteiger partial charge on any atom is 0.133 e. The molecule has 0 unspecified atom stereocenters. The molecule has 0 amide bonds. The quantitative estimate of drug-likeness (QED) is 0.764. The molecule has 0 fully saturated rings. The largest absolute Gasteiger partial charge is 0.378 e. The Bertz CT molecular complexity index is 571.